The van der Waals surface area contributed by atoms with Crippen LogP contribution in [0.25, 0.3) is 0 Å². The number of likely N-dealkylation sites (N-methyl/N-ethyl adjacent to an activating group) is 1. The summed E-state index contributed by atoms with van der Waals surface area (Å²) in [6, 6.07) is 5.77. The van der Waals surface area contributed by atoms with E-state index in [1.165, 1.54) is 40.9 Å². The van der Waals surface area contributed by atoms with Crippen LogP contribution in [0.1, 0.15) is 46.6 Å². The number of benzene rings is 1. The quantitative estimate of drug-likeness (QED) is 0.666. The average molecular weight is 471 g/mol. The van der Waals surface area contributed by atoms with Gasteiger partial charge < -0.3 is 24.4 Å². The molecule has 1 unspecified atom stereocenters. The SMILES string of the molecule is CC1CCN(C(=O)C(=O)N(C)C)Cc2c1c(=O)c(O)c1n2CCN(Cc2ccc(F)cc2)C1=O. The molecule has 3 heterocycles. The lowest BCUT2D eigenvalue weighted by atomic mass is 9.95. The number of hydrogen-bond donors (Lipinski definition) is 1. The van der Waals surface area contributed by atoms with Crippen LogP contribution in [-0.4, -0.2) is 69.3 Å². The first kappa shape index (κ1) is 23.5. The third kappa shape index (κ3) is 4.04. The topological polar surface area (TPSA) is 103 Å². The standard InChI is InChI=1S/C24H27FN4O5/c1-14-8-9-27(24(34)23(33)26(2)3)13-17-18(14)20(30)21(31)19-22(32)28(10-11-29(17)19)12-15-4-6-16(25)7-5-15/h4-7,14,31H,8-13H2,1-3H3. The van der Waals surface area contributed by atoms with Crippen LogP contribution in [0.5, 0.6) is 5.75 Å². The van der Waals surface area contributed by atoms with E-state index in [2.05, 4.69) is 0 Å². The number of aromatic hydroxyl groups is 1. The van der Waals surface area contributed by atoms with Crippen molar-refractivity contribution in [3.05, 3.63) is 62.8 Å². The summed E-state index contributed by atoms with van der Waals surface area (Å²) < 4.78 is 14.8. The van der Waals surface area contributed by atoms with E-state index >= 15 is 0 Å². The third-order valence-electron chi connectivity index (χ3n) is 6.50. The highest BCUT2D eigenvalue weighted by molar-refractivity contribution is 6.34. The van der Waals surface area contributed by atoms with Crippen molar-refractivity contribution < 1.29 is 23.9 Å². The Bertz CT molecular complexity index is 1220. The molecule has 1 aromatic carbocycles. The van der Waals surface area contributed by atoms with Crippen LogP contribution < -0.4 is 5.43 Å². The summed E-state index contributed by atoms with van der Waals surface area (Å²) in [5.74, 6) is -3.13. The van der Waals surface area contributed by atoms with Crippen LogP contribution in [0.3, 0.4) is 0 Å². The van der Waals surface area contributed by atoms with Crippen molar-refractivity contribution in [3.63, 3.8) is 0 Å². The predicted molar refractivity (Wildman–Crippen MR) is 121 cm³/mol. The van der Waals surface area contributed by atoms with Crippen LogP contribution >= 0.6 is 0 Å². The van der Waals surface area contributed by atoms with Gasteiger partial charge in [0, 0.05) is 51.5 Å². The molecule has 10 heteroatoms. The third-order valence-corrected chi connectivity index (χ3v) is 6.50. The molecule has 34 heavy (non-hydrogen) atoms. The van der Waals surface area contributed by atoms with Gasteiger partial charge in [0.05, 0.1) is 6.54 Å². The molecular weight excluding hydrogens is 443 g/mol. The fraction of sp³-hybridized carbons (Fsp3) is 0.417. The van der Waals surface area contributed by atoms with Crippen molar-refractivity contribution in [2.24, 2.45) is 0 Å². The lowest BCUT2D eigenvalue weighted by Crippen LogP contribution is -2.45. The van der Waals surface area contributed by atoms with Crippen LogP contribution in [-0.2, 0) is 29.2 Å². The number of carbonyl (C=O) groups excluding carboxylic acids is 3. The Morgan fingerprint density at radius 1 is 1.12 bits per heavy atom. The van der Waals surface area contributed by atoms with Crippen LogP contribution in [0.2, 0.25) is 0 Å². The maximum atomic E-state index is 13.3. The van der Waals surface area contributed by atoms with Gasteiger partial charge in [-0.2, -0.15) is 0 Å². The summed E-state index contributed by atoms with van der Waals surface area (Å²) >= 11 is 0. The number of aromatic nitrogens is 1. The van der Waals surface area contributed by atoms with Crippen molar-refractivity contribution in [2.45, 2.75) is 38.9 Å². The van der Waals surface area contributed by atoms with Gasteiger partial charge in [0.2, 0.25) is 5.43 Å². The number of fused-ring (bicyclic) bond motifs is 3. The van der Waals surface area contributed by atoms with Gasteiger partial charge in [-0.3, -0.25) is 19.2 Å². The first-order chi connectivity index (χ1) is 16.1. The van der Waals surface area contributed by atoms with Gasteiger partial charge in [0.15, 0.2) is 11.4 Å². The monoisotopic (exact) mass is 470 g/mol. The minimum absolute atomic E-state index is 0.00809. The highest BCUT2D eigenvalue weighted by atomic mass is 19.1. The lowest BCUT2D eigenvalue weighted by molar-refractivity contribution is -0.150. The molecule has 0 spiro atoms. The Morgan fingerprint density at radius 2 is 1.79 bits per heavy atom. The van der Waals surface area contributed by atoms with E-state index < -0.39 is 28.9 Å². The van der Waals surface area contributed by atoms with Crippen molar-refractivity contribution in [2.75, 3.05) is 27.2 Å². The number of amides is 3. The molecule has 1 N–H and O–H groups in total. The molecule has 2 aliphatic rings. The Labute approximate surface area is 196 Å². The summed E-state index contributed by atoms with van der Waals surface area (Å²) in [5, 5.41) is 10.8. The molecule has 4 rings (SSSR count). The summed E-state index contributed by atoms with van der Waals surface area (Å²) in [7, 11) is 2.99. The van der Waals surface area contributed by atoms with Crippen LogP contribution in [0.4, 0.5) is 4.39 Å². The molecule has 1 aromatic heterocycles. The zero-order chi connectivity index (χ0) is 24.7. The lowest BCUT2D eigenvalue weighted by Gasteiger charge is -2.33. The van der Waals surface area contributed by atoms with E-state index in [4.69, 9.17) is 0 Å². The fourth-order valence-electron chi connectivity index (χ4n) is 4.60. The Hall–Kier alpha value is -3.69. The van der Waals surface area contributed by atoms with Gasteiger partial charge >= 0.3 is 11.8 Å². The minimum atomic E-state index is -0.681. The predicted octanol–water partition coefficient (Wildman–Crippen LogP) is 1.27. The second-order valence-corrected chi connectivity index (χ2v) is 9.01. The molecule has 2 aromatic rings. The van der Waals surface area contributed by atoms with Gasteiger partial charge in [-0.15, -0.1) is 0 Å². The number of nitrogens with zero attached hydrogens (tertiary/aromatic N) is 4. The number of rotatable bonds is 2. The van der Waals surface area contributed by atoms with Gasteiger partial charge in [-0.25, -0.2) is 4.39 Å². The number of carbonyl (C=O) groups is 3. The van der Waals surface area contributed by atoms with E-state index in [0.29, 0.717) is 36.3 Å². The highest BCUT2D eigenvalue weighted by Gasteiger charge is 2.36. The molecule has 0 radical (unpaired) electrons. The number of hydrogen-bond acceptors (Lipinski definition) is 5. The molecule has 0 bridgehead atoms. The Morgan fingerprint density at radius 3 is 2.44 bits per heavy atom. The molecule has 2 aliphatic heterocycles. The fourth-order valence-corrected chi connectivity index (χ4v) is 4.60. The second-order valence-electron chi connectivity index (χ2n) is 9.01. The van der Waals surface area contributed by atoms with Gasteiger partial charge in [0.25, 0.3) is 5.91 Å². The summed E-state index contributed by atoms with van der Waals surface area (Å²) in [6.07, 6.45) is 0.443. The number of halogens is 1. The molecule has 180 valence electrons. The Kier molecular flexibility index (Phi) is 6.16. The molecule has 3 amide bonds. The summed E-state index contributed by atoms with van der Waals surface area (Å²) in [5.41, 5.74) is 0.801. The molecule has 0 fully saturated rings. The summed E-state index contributed by atoms with van der Waals surface area (Å²) in [6.45, 7) is 2.90. The van der Waals surface area contributed by atoms with Crippen LogP contribution in [0, 0.1) is 5.82 Å². The van der Waals surface area contributed by atoms with Gasteiger partial charge in [-0.05, 0) is 30.0 Å². The summed E-state index contributed by atoms with van der Waals surface area (Å²) in [4.78, 5) is 55.6. The van der Waals surface area contributed by atoms with Crippen molar-refractivity contribution >= 4 is 17.7 Å². The van der Waals surface area contributed by atoms with Gasteiger partial charge in [-0.1, -0.05) is 19.1 Å². The molecule has 9 nitrogen and oxygen atoms in total. The van der Waals surface area contributed by atoms with E-state index in [9.17, 15) is 28.7 Å². The van der Waals surface area contributed by atoms with E-state index in [1.807, 2.05) is 6.92 Å². The maximum absolute atomic E-state index is 13.3. The van der Waals surface area contributed by atoms with Gasteiger partial charge in [0.1, 0.15) is 5.82 Å². The van der Waals surface area contributed by atoms with Crippen molar-refractivity contribution in [1.82, 2.24) is 19.3 Å². The first-order valence-electron chi connectivity index (χ1n) is 11.1. The Balaban J connectivity index is 1.74. The van der Waals surface area contributed by atoms with E-state index in [1.54, 1.807) is 16.7 Å². The zero-order valence-corrected chi connectivity index (χ0v) is 19.4. The van der Waals surface area contributed by atoms with Crippen LogP contribution in [0.15, 0.2) is 29.1 Å². The zero-order valence-electron chi connectivity index (χ0n) is 19.4. The van der Waals surface area contributed by atoms with Crippen molar-refractivity contribution in [3.8, 4) is 5.75 Å². The largest absolute Gasteiger partial charge is 0.503 e. The van der Waals surface area contributed by atoms with E-state index in [0.717, 1.165) is 0 Å². The first-order valence-corrected chi connectivity index (χ1v) is 11.1. The van der Waals surface area contributed by atoms with E-state index in [-0.39, 0.29) is 37.1 Å². The van der Waals surface area contributed by atoms with Crippen molar-refractivity contribution in [1.29, 1.82) is 0 Å². The smallest absolute Gasteiger partial charge is 0.312 e. The molecule has 1 atom stereocenters. The highest BCUT2D eigenvalue weighted by Crippen LogP contribution is 2.32. The molecule has 0 saturated heterocycles. The maximum Gasteiger partial charge on any atom is 0.312 e. The molecular formula is C24H27FN4O5. The number of pyridine rings is 1. The minimum Gasteiger partial charge on any atom is -0.503 e. The molecule has 0 aliphatic carbocycles. The average Bonchev–Trinajstić information content (AvgIpc) is 2.98. The molecule has 0 saturated carbocycles. The second kappa shape index (κ2) is 8.92. The normalized spacial score (nSPS) is 17.6.